The molecular formula is C18H22N6S. The van der Waals surface area contributed by atoms with Gasteiger partial charge in [-0.3, -0.25) is 4.90 Å². The average Bonchev–Trinajstić information content (AvgIpc) is 3.07. The molecular weight excluding hydrogens is 332 g/mol. The van der Waals surface area contributed by atoms with Crippen molar-refractivity contribution in [1.82, 2.24) is 19.2 Å². The lowest BCUT2D eigenvalue weighted by Crippen LogP contribution is -2.46. The van der Waals surface area contributed by atoms with Crippen LogP contribution in [0.1, 0.15) is 5.56 Å². The molecule has 0 aliphatic carbocycles. The van der Waals surface area contributed by atoms with Gasteiger partial charge in [-0.05, 0) is 23.7 Å². The van der Waals surface area contributed by atoms with Crippen molar-refractivity contribution in [2.24, 2.45) is 0 Å². The summed E-state index contributed by atoms with van der Waals surface area (Å²) in [6, 6.07) is 8.48. The molecule has 0 atom stereocenters. The molecule has 1 fully saturated rings. The van der Waals surface area contributed by atoms with Gasteiger partial charge in [-0.15, -0.1) is 0 Å². The molecule has 1 aromatic carbocycles. The van der Waals surface area contributed by atoms with Crippen molar-refractivity contribution in [3.63, 3.8) is 0 Å². The molecule has 3 aromatic rings. The highest BCUT2D eigenvalue weighted by Crippen LogP contribution is 2.29. The van der Waals surface area contributed by atoms with Crippen LogP contribution in [-0.4, -0.2) is 59.5 Å². The standard InChI is InChI=1S/C18H22N6S/c1-22(2)18-19-11-14(12-20-18)13-23-7-9-24(10-8-23)17-15-5-3-4-6-16(15)25-21-17/h3-6,11-12H,7-10,13H2,1-2H3. The van der Waals surface area contributed by atoms with Crippen molar-refractivity contribution in [2.45, 2.75) is 6.54 Å². The van der Waals surface area contributed by atoms with Crippen LogP contribution in [-0.2, 0) is 6.54 Å². The number of rotatable bonds is 4. The van der Waals surface area contributed by atoms with E-state index < -0.39 is 0 Å². The van der Waals surface area contributed by atoms with Gasteiger partial charge in [0.1, 0.15) is 5.82 Å². The number of nitrogens with zero attached hydrogens (tertiary/aromatic N) is 6. The molecule has 6 nitrogen and oxygen atoms in total. The minimum Gasteiger partial charge on any atom is -0.353 e. The summed E-state index contributed by atoms with van der Waals surface area (Å²) in [5, 5.41) is 1.27. The SMILES string of the molecule is CN(C)c1ncc(CN2CCN(c3nsc4ccccc34)CC2)cn1. The number of anilines is 2. The van der Waals surface area contributed by atoms with E-state index in [0.717, 1.165) is 50.1 Å². The summed E-state index contributed by atoms with van der Waals surface area (Å²) in [6.45, 7) is 4.97. The summed E-state index contributed by atoms with van der Waals surface area (Å²) < 4.78 is 5.94. The summed E-state index contributed by atoms with van der Waals surface area (Å²) >= 11 is 1.59. The Morgan fingerprint density at radius 2 is 1.76 bits per heavy atom. The topological polar surface area (TPSA) is 48.4 Å². The van der Waals surface area contributed by atoms with Gasteiger partial charge in [0.05, 0.1) is 4.70 Å². The molecule has 3 heterocycles. The van der Waals surface area contributed by atoms with E-state index in [1.165, 1.54) is 10.1 Å². The molecule has 0 bridgehead atoms. The smallest absolute Gasteiger partial charge is 0.224 e. The maximum atomic E-state index is 4.68. The molecule has 4 rings (SSSR count). The van der Waals surface area contributed by atoms with Gasteiger partial charge >= 0.3 is 0 Å². The number of fused-ring (bicyclic) bond motifs is 1. The third-order valence-corrected chi connectivity index (χ3v) is 5.35. The number of hydrogen-bond donors (Lipinski definition) is 0. The summed E-state index contributed by atoms with van der Waals surface area (Å²) in [6.07, 6.45) is 3.87. The molecule has 25 heavy (non-hydrogen) atoms. The predicted octanol–water partition coefficient (Wildman–Crippen LogP) is 2.47. The van der Waals surface area contributed by atoms with E-state index in [-0.39, 0.29) is 0 Å². The third-order valence-electron chi connectivity index (χ3n) is 4.53. The molecule has 0 N–H and O–H groups in total. The van der Waals surface area contributed by atoms with E-state index in [4.69, 9.17) is 0 Å². The summed E-state index contributed by atoms with van der Waals surface area (Å²) in [4.78, 5) is 15.6. The number of aromatic nitrogens is 3. The quantitative estimate of drug-likeness (QED) is 0.717. The van der Waals surface area contributed by atoms with Crippen LogP contribution in [0.15, 0.2) is 36.7 Å². The maximum absolute atomic E-state index is 4.68. The van der Waals surface area contributed by atoms with Crippen molar-refractivity contribution in [3.8, 4) is 0 Å². The molecule has 0 unspecified atom stereocenters. The van der Waals surface area contributed by atoms with Gasteiger partial charge < -0.3 is 9.80 Å². The van der Waals surface area contributed by atoms with Crippen molar-refractivity contribution in [2.75, 3.05) is 50.1 Å². The molecule has 2 aromatic heterocycles. The Labute approximate surface area is 151 Å². The lowest BCUT2D eigenvalue weighted by Gasteiger charge is -2.35. The van der Waals surface area contributed by atoms with Crippen molar-refractivity contribution in [1.29, 1.82) is 0 Å². The van der Waals surface area contributed by atoms with E-state index in [1.807, 2.05) is 31.4 Å². The molecule has 0 amide bonds. The second kappa shape index (κ2) is 6.93. The van der Waals surface area contributed by atoms with Crippen LogP contribution in [0.25, 0.3) is 10.1 Å². The van der Waals surface area contributed by atoms with E-state index in [9.17, 15) is 0 Å². The predicted molar refractivity (Wildman–Crippen MR) is 103 cm³/mol. The normalized spacial score (nSPS) is 15.7. The summed E-state index contributed by atoms with van der Waals surface area (Å²) in [7, 11) is 3.91. The summed E-state index contributed by atoms with van der Waals surface area (Å²) in [5.74, 6) is 1.89. The van der Waals surface area contributed by atoms with Crippen LogP contribution in [0, 0.1) is 0 Å². The first-order valence-corrected chi connectivity index (χ1v) is 9.28. The van der Waals surface area contributed by atoms with Crippen LogP contribution >= 0.6 is 11.5 Å². The molecule has 1 aliphatic heterocycles. The zero-order valence-electron chi connectivity index (χ0n) is 14.6. The Balaban J connectivity index is 1.38. The van der Waals surface area contributed by atoms with E-state index >= 15 is 0 Å². The second-order valence-electron chi connectivity index (χ2n) is 6.55. The first-order chi connectivity index (χ1) is 12.2. The van der Waals surface area contributed by atoms with Gasteiger partial charge in [0.2, 0.25) is 5.95 Å². The van der Waals surface area contributed by atoms with Crippen LogP contribution in [0.3, 0.4) is 0 Å². The monoisotopic (exact) mass is 354 g/mol. The van der Waals surface area contributed by atoms with Gasteiger partial charge in [-0.1, -0.05) is 12.1 Å². The minimum atomic E-state index is 0.754. The number of piperazine rings is 1. The fourth-order valence-corrected chi connectivity index (χ4v) is 3.93. The Morgan fingerprint density at radius 1 is 1.04 bits per heavy atom. The van der Waals surface area contributed by atoms with Crippen molar-refractivity contribution >= 4 is 33.4 Å². The highest BCUT2D eigenvalue weighted by atomic mass is 32.1. The Kier molecular flexibility index (Phi) is 4.50. The van der Waals surface area contributed by atoms with Crippen LogP contribution in [0.2, 0.25) is 0 Å². The van der Waals surface area contributed by atoms with Gasteiger partial charge in [-0.2, -0.15) is 4.37 Å². The zero-order valence-corrected chi connectivity index (χ0v) is 15.4. The van der Waals surface area contributed by atoms with Crippen molar-refractivity contribution < 1.29 is 0 Å². The molecule has 1 saturated heterocycles. The lowest BCUT2D eigenvalue weighted by atomic mass is 10.2. The minimum absolute atomic E-state index is 0.754. The van der Waals surface area contributed by atoms with E-state index in [0.29, 0.717) is 0 Å². The van der Waals surface area contributed by atoms with Crippen molar-refractivity contribution in [3.05, 3.63) is 42.2 Å². The summed E-state index contributed by atoms with van der Waals surface area (Å²) in [5.41, 5.74) is 1.16. The molecule has 0 saturated carbocycles. The number of benzene rings is 1. The van der Waals surface area contributed by atoms with Crippen LogP contribution in [0.5, 0.6) is 0 Å². The third kappa shape index (κ3) is 3.43. The first-order valence-electron chi connectivity index (χ1n) is 8.50. The largest absolute Gasteiger partial charge is 0.353 e. The second-order valence-corrected chi connectivity index (χ2v) is 7.36. The molecule has 130 valence electrons. The van der Waals surface area contributed by atoms with E-state index in [2.05, 4.69) is 48.4 Å². The molecule has 0 spiro atoms. The van der Waals surface area contributed by atoms with E-state index in [1.54, 1.807) is 11.5 Å². The van der Waals surface area contributed by atoms with Crippen LogP contribution < -0.4 is 9.80 Å². The Hall–Kier alpha value is -2.25. The zero-order chi connectivity index (χ0) is 17.2. The van der Waals surface area contributed by atoms with Crippen LogP contribution in [0.4, 0.5) is 11.8 Å². The van der Waals surface area contributed by atoms with Gasteiger partial charge in [0.15, 0.2) is 0 Å². The van der Waals surface area contributed by atoms with Gasteiger partial charge in [0, 0.05) is 70.2 Å². The lowest BCUT2D eigenvalue weighted by molar-refractivity contribution is 0.249. The fraction of sp³-hybridized carbons (Fsp3) is 0.389. The van der Waals surface area contributed by atoms with Gasteiger partial charge in [-0.25, -0.2) is 9.97 Å². The van der Waals surface area contributed by atoms with Gasteiger partial charge in [0.25, 0.3) is 0 Å². The molecule has 7 heteroatoms. The fourth-order valence-electron chi connectivity index (χ4n) is 3.14. The molecule has 1 aliphatic rings. The number of hydrogen-bond acceptors (Lipinski definition) is 7. The first kappa shape index (κ1) is 16.2. The maximum Gasteiger partial charge on any atom is 0.224 e. The Morgan fingerprint density at radius 3 is 2.48 bits per heavy atom. The molecule has 0 radical (unpaired) electrons. The Bertz CT molecular complexity index is 836. The highest BCUT2D eigenvalue weighted by molar-refractivity contribution is 7.13. The highest BCUT2D eigenvalue weighted by Gasteiger charge is 2.20. The average molecular weight is 354 g/mol.